The van der Waals surface area contributed by atoms with Gasteiger partial charge in [-0.15, -0.1) is 0 Å². The Morgan fingerprint density at radius 3 is 2.68 bits per heavy atom. The van der Waals surface area contributed by atoms with E-state index < -0.39 is 6.04 Å². The number of allylic oxidation sites excluding steroid dienone is 1. The molecule has 6 nitrogen and oxygen atoms in total. The fraction of sp³-hybridized carbons (Fsp3) is 0.769. The lowest BCUT2D eigenvalue weighted by molar-refractivity contribution is -0.262. The van der Waals surface area contributed by atoms with E-state index in [9.17, 15) is 4.79 Å². The number of hydrazine groups is 1. The van der Waals surface area contributed by atoms with Crippen molar-refractivity contribution in [3.05, 3.63) is 11.8 Å². The summed E-state index contributed by atoms with van der Waals surface area (Å²) in [5.74, 6) is 0.261. The monoisotopic (exact) mass is 270 g/mol. The van der Waals surface area contributed by atoms with E-state index in [2.05, 4.69) is 0 Å². The molecule has 1 atom stereocenters. The normalized spacial score (nSPS) is 23.6. The van der Waals surface area contributed by atoms with Crippen LogP contribution in [-0.2, 0) is 19.1 Å². The zero-order valence-electron chi connectivity index (χ0n) is 11.8. The molecule has 1 heterocycles. The van der Waals surface area contributed by atoms with Gasteiger partial charge in [0.2, 0.25) is 0 Å². The first-order valence-electron chi connectivity index (χ1n) is 6.71. The van der Waals surface area contributed by atoms with Gasteiger partial charge in [-0.2, -0.15) is 0 Å². The third-order valence-corrected chi connectivity index (χ3v) is 3.32. The van der Waals surface area contributed by atoms with Crippen LogP contribution in [0.15, 0.2) is 11.8 Å². The van der Waals surface area contributed by atoms with Gasteiger partial charge in [0.05, 0.1) is 26.9 Å². The van der Waals surface area contributed by atoms with Gasteiger partial charge in [-0.05, 0) is 25.8 Å². The second-order valence-corrected chi connectivity index (χ2v) is 4.66. The van der Waals surface area contributed by atoms with E-state index in [0.717, 1.165) is 5.70 Å². The Kier molecular flexibility index (Phi) is 4.79. The number of ether oxygens (including phenoxy) is 2. The molecule has 0 aromatic rings. The average molecular weight is 270 g/mol. The van der Waals surface area contributed by atoms with Gasteiger partial charge in [0.15, 0.2) is 6.04 Å². The molecule has 1 unspecified atom stereocenters. The highest BCUT2D eigenvalue weighted by molar-refractivity contribution is 5.78. The van der Waals surface area contributed by atoms with E-state index >= 15 is 0 Å². The minimum atomic E-state index is -0.489. The summed E-state index contributed by atoms with van der Waals surface area (Å²) in [4.78, 5) is 17.3. The van der Waals surface area contributed by atoms with E-state index in [0.29, 0.717) is 25.7 Å². The minimum absolute atomic E-state index is 0.276. The van der Waals surface area contributed by atoms with Crippen LogP contribution in [0.2, 0.25) is 0 Å². The maximum absolute atomic E-state index is 12.0. The van der Waals surface area contributed by atoms with E-state index in [1.165, 1.54) is 12.8 Å². The van der Waals surface area contributed by atoms with Crippen LogP contribution in [-0.4, -0.2) is 56.2 Å². The Bertz CT molecular complexity index is 355. The molecular formula is C13H22N2O4. The Hall–Kier alpha value is -1.11. The standard InChI is InChI=1S/C13H22N2O4/c1-4-19-13(16)12-9-11(10-5-6-10)14(7-8-17-2)15(12)18-3/h9-10,12H,4-8H2,1-3H3. The molecular weight excluding hydrogens is 248 g/mol. The molecule has 0 amide bonds. The minimum Gasteiger partial charge on any atom is -0.464 e. The van der Waals surface area contributed by atoms with E-state index in [1.54, 1.807) is 26.3 Å². The van der Waals surface area contributed by atoms with Crippen LogP contribution in [0.1, 0.15) is 19.8 Å². The third-order valence-electron chi connectivity index (χ3n) is 3.32. The molecule has 1 fully saturated rings. The number of hydroxylamine groups is 1. The first-order chi connectivity index (χ1) is 9.22. The van der Waals surface area contributed by atoms with Crippen molar-refractivity contribution >= 4 is 5.97 Å². The second-order valence-electron chi connectivity index (χ2n) is 4.66. The Labute approximate surface area is 113 Å². The van der Waals surface area contributed by atoms with Crippen molar-refractivity contribution in [2.75, 3.05) is 34.0 Å². The lowest BCUT2D eigenvalue weighted by atomic mass is 10.2. The number of hydrogen-bond donors (Lipinski definition) is 0. The fourth-order valence-corrected chi connectivity index (χ4v) is 2.30. The molecule has 19 heavy (non-hydrogen) atoms. The summed E-state index contributed by atoms with van der Waals surface area (Å²) < 4.78 is 10.2. The van der Waals surface area contributed by atoms with Gasteiger partial charge in [-0.25, -0.2) is 4.79 Å². The Morgan fingerprint density at radius 1 is 1.42 bits per heavy atom. The van der Waals surface area contributed by atoms with Gasteiger partial charge in [0.25, 0.3) is 0 Å². The van der Waals surface area contributed by atoms with Gasteiger partial charge >= 0.3 is 5.97 Å². The molecule has 1 aliphatic heterocycles. The van der Waals surface area contributed by atoms with Crippen LogP contribution in [0.4, 0.5) is 0 Å². The van der Waals surface area contributed by atoms with Crippen molar-refractivity contribution in [1.29, 1.82) is 0 Å². The summed E-state index contributed by atoms with van der Waals surface area (Å²) in [5.41, 5.74) is 1.15. The zero-order valence-corrected chi connectivity index (χ0v) is 11.8. The van der Waals surface area contributed by atoms with Gasteiger partial charge in [0, 0.05) is 18.7 Å². The summed E-state index contributed by atoms with van der Waals surface area (Å²) in [5, 5.41) is 3.58. The molecule has 6 heteroatoms. The van der Waals surface area contributed by atoms with Crippen molar-refractivity contribution in [3.63, 3.8) is 0 Å². The summed E-state index contributed by atoms with van der Waals surface area (Å²) in [6.07, 6.45) is 4.29. The van der Waals surface area contributed by atoms with Crippen molar-refractivity contribution in [2.45, 2.75) is 25.8 Å². The summed E-state index contributed by atoms with van der Waals surface area (Å²) >= 11 is 0. The number of esters is 1. The second kappa shape index (κ2) is 6.36. The first kappa shape index (κ1) is 14.3. The molecule has 1 saturated carbocycles. The molecule has 0 N–H and O–H groups in total. The van der Waals surface area contributed by atoms with Crippen molar-refractivity contribution in [1.82, 2.24) is 10.2 Å². The molecule has 0 saturated heterocycles. The predicted molar refractivity (Wildman–Crippen MR) is 68.7 cm³/mol. The fourth-order valence-electron chi connectivity index (χ4n) is 2.30. The molecule has 2 rings (SSSR count). The molecule has 0 aromatic carbocycles. The van der Waals surface area contributed by atoms with Crippen molar-refractivity contribution in [3.8, 4) is 0 Å². The topological polar surface area (TPSA) is 51.2 Å². The van der Waals surface area contributed by atoms with Crippen LogP contribution in [0.3, 0.4) is 0 Å². The quantitative estimate of drug-likeness (QED) is 0.642. The van der Waals surface area contributed by atoms with Crippen LogP contribution in [0.5, 0.6) is 0 Å². The highest BCUT2D eigenvalue weighted by atomic mass is 16.7. The number of nitrogens with zero attached hydrogens (tertiary/aromatic N) is 2. The maximum Gasteiger partial charge on any atom is 0.331 e. The summed E-state index contributed by atoms with van der Waals surface area (Å²) in [7, 11) is 3.23. The highest BCUT2D eigenvalue weighted by Gasteiger charge is 2.43. The van der Waals surface area contributed by atoms with Gasteiger partial charge in [-0.1, -0.05) is 5.17 Å². The summed E-state index contributed by atoms with van der Waals surface area (Å²) in [6, 6.07) is -0.489. The number of carbonyl (C=O) groups excluding carboxylic acids is 1. The molecule has 0 spiro atoms. The van der Waals surface area contributed by atoms with Gasteiger partial charge < -0.3 is 9.47 Å². The van der Waals surface area contributed by atoms with Crippen molar-refractivity contribution < 1.29 is 19.1 Å². The first-order valence-corrected chi connectivity index (χ1v) is 6.71. The molecule has 0 aromatic heterocycles. The smallest absolute Gasteiger partial charge is 0.331 e. The SMILES string of the molecule is CCOC(=O)C1C=C(C2CC2)N(CCOC)N1OC. The lowest BCUT2D eigenvalue weighted by Crippen LogP contribution is -2.46. The number of methoxy groups -OCH3 is 1. The van der Waals surface area contributed by atoms with Crippen LogP contribution in [0, 0.1) is 5.92 Å². The van der Waals surface area contributed by atoms with E-state index in [-0.39, 0.29) is 5.97 Å². The molecule has 108 valence electrons. The largest absolute Gasteiger partial charge is 0.464 e. The maximum atomic E-state index is 12.0. The summed E-state index contributed by atoms with van der Waals surface area (Å²) in [6.45, 7) is 3.43. The van der Waals surface area contributed by atoms with E-state index in [1.807, 2.05) is 11.1 Å². The third kappa shape index (κ3) is 3.08. The highest BCUT2D eigenvalue weighted by Crippen LogP contribution is 2.42. The molecule has 0 bridgehead atoms. The Morgan fingerprint density at radius 2 is 2.16 bits per heavy atom. The molecule has 1 aliphatic carbocycles. The number of hydrogen-bond acceptors (Lipinski definition) is 6. The molecule has 2 aliphatic rings. The van der Waals surface area contributed by atoms with Crippen LogP contribution < -0.4 is 0 Å². The molecule has 0 radical (unpaired) electrons. The van der Waals surface area contributed by atoms with Crippen LogP contribution >= 0.6 is 0 Å². The predicted octanol–water partition coefficient (Wildman–Crippen LogP) is 0.952. The van der Waals surface area contributed by atoms with Gasteiger partial charge in [0.1, 0.15) is 0 Å². The van der Waals surface area contributed by atoms with Gasteiger partial charge in [-0.3, -0.25) is 9.85 Å². The Balaban J connectivity index is 2.12. The lowest BCUT2D eigenvalue weighted by Gasteiger charge is -2.32. The van der Waals surface area contributed by atoms with E-state index in [4.69, 9.17) is 14.3 Å². The average Bonchev–Trinajstić information content (AvgIpc) is 3.17. The zero-order chi connectivity index (χ0) is 13.8. The number of rotatable bonds is 7. The number of carbonyl (C=O) groups is 1. The van der Waals surface area contributed by atoms with Crippen molar-refractivity contribution in [2.24, 2.45) is 5.92 Å². The van der Waals surface area contributed by atoms with Crippen LogP contribution in [0.25, 0.3) is 0 Å².